The van der Waals surface area contributed by atoms with E-state index in [-0.39, 0.29) is 23.7 Å². The largest absolute Gasteiger partial charge is 0.493 e. The Labute approximate surface area is 190 Å². The molecule has 0 heterocycles. The fourth-order valence-corrected chi connectivity index (χ4v) is 4.25. The summed E-state index contributed by atoms with van der Waals surface area (Å²) in [7, 11) is 3.23. The molecule has 3 rings (SSSR count). The van der Waals surface area contributed by atoms with Crippen LogP contribution >= 0.6 is 0 Å². The topological polar surface area (TPSA) is 76.7 Å². The van der Waals surface area contributed by atoms with Gasteiger partial charge in [0, 0.05) is 24.9 Å². The van der Waals surface area contributed by atoms with Crippen LogP contribution < -0.4 is 20.1 Å². The molecule has 0 aromatic heterocycles. The first-order valence-corrected chi connectivity index (χ1v) is 11.4. The van der Waals surface area contributed by atoms with Crippen LogP contribution in [0.15, 0.2) is 48.5 Å². The second-order valence-electron chi connectivity index (χ2n) is 8.31. The molecule has 172 valence electrons. The lowest BCUT2D eigenvalue weighted by atomic mass is 9.81. The van der Waals surface area contributed by atoms with E-state index in [1.165, 1.54) is 5.56 Å². The minimum Gasteiger partial charge on any atom is -0.493 e. The Balaban J connectivity index is 1.34. The summed E-state index contributed by atoms with van der Waals surface area (Å²) in [6, 6.07) is 16.0. The summed E-state index contributed by atoms with van der Waals surface area (Å²) in [6.07, 6.45) is 4.63. The third-order valence-corrected chi connectivity index (χ3v) is 6.19. The normalized spacial score (nSPS) is 17.9. The fraction of sp³-hybridized carbons (Fsp3) is 0.462. The average Bonchev–Trinajstić information content (AvgIpc) is 2.84. The molecule has 0 aliphatic heterocycles. The van der Waals surface area contributed by atoms with Crippen LogP contribution in [0.3, 0.4) is 0 Å². The molecule has 0 atom stereocenters. The molecule has 1 aliphatic carbocycles. The van der Waals surface area contributed by atoms with Crippen LogP contribution in [0.25, 0.3) is 0 Å². The van der Waals surface area contributed by atoms with Gasteiger partial charge in [0.2, 0.25) is 11.8 Å². The molecule has 6 heteroatoms. The van der Waals surface area contributed by atoms with Crippen LogP contribution in [0.4, 0.5) is 0 Å². The second kappa shape index (κ2) is 12.1. The zero-order chi connectivity index (χ0) is 22.8. The van der Waals surface area contributed by atoms with Crippen LogP contribution in [0.1, 0.15) is 36.8 Å². The standard InChI is InChI=1S/C26H34N2O4/c1-31-23-13-8-20(18-24(23)32-2)15-17-28-26(30)22-11-9-21(10-12-22)25(29)27-16-14-19-6-4-3-5-7-19/h3-8,13,18,21-22H,9-12,14-17H2,1-2H3,(H,27,29)(H,28,30). The molecule has 0 bridgehead atoms. The van der Waals surface area contributed by atoms with E-state index in [0.717, 1.165) is 44.1 Å². The van der Waals surface area contributed by atoms with E-state index in [2.05, 4.69) is 22.8 Å². The minimum atomic E-state index is -0.00577. The van der Waals surface area contributed by atoms with E-state index >= 15 is 0 Å². The summed E-state index contributed by atoms with van der Waals surface area (Å²) < 4.78 is 10.6. The zero-order valence-electron chi connectivity index (χ0n) is 19.1. The molecule has 32 heavy (non-hydrogen) atoms. The van der Waals surface area contributed by atoms with Gasteiger partial charge < -0.3 is 20.1 Å². The van der Waals surface area contributed by atoms with E-state index in [9.17, 15) is 9.59 Å². The smallest absolute Gasteiger partial charge is 0.223 e. The number of nitrogens with one attached hydrogen (secondary N) is 2. The third kappa shape index (κ3) is 6.74. The molecule has 6 nitrogen and oxygen atoms in total. The van der Waals surface area contributed by atoms with Gasteiger partial charge in [0.25, 0.3) is 0 Å². The van der Waals surface area contributed by atoms with Crippen LogP contribution in [0.5, 0.6) is 11.5 Å². The Morgan fingerprint density at radius 2 is 1.28 bits per heavy atom. The number of carbonyl (C=O) groups is 2. The van der Waals surface area contributed by atoms with Gasteiger partial charge in [0.1, 0.15) is 0 Å². The number of amides is 2. The summed E-state index contributed by atoms with van der Waals surface area (Å²) in [4.78, 5) is 25.0. The first kappa shape index (κ1) is 23.6. The van der Waals surface area contributed by atoms with Crippen molar-refractivity contribution in [2.24, 2.45) is 11.8 Å². The number of carbonyl (C=O) groups excluding carboxylic acids is 2. The fourth-order valence-electron chi connectivity index (χ4n) is 4.25. The highest BCUT2D eigenvalue weighted by Crippen LogP contribution is 2.29. The van der Waals surface area contributed by atoms with Crippen LogP contribution in [-0.2, 0) is 22.4 Å². The van der Waals surface area contributed by atoms with Crippen molar-refractivity contribution in [3.8, 4) is 11.5 Å². The summed E-state index contributed by atoms with van der Waals surface area (Å²) in [6.45, 7) is 1.23. The highest BCUT2D eigenvalue weighted by atomic mass is 16.5. The lowest BCUT2D eigenvalue weighted by Crippen LogP contribution is -2.38. The van der Waals surface area contributed by atoms with Crippen molar-refractivity contribution in [3.63, 3.8) is 0 Å². The van der Waals surface area contributed by atoms with E-state index in [0.29, 0.717) is 24.6 Å². The molecule has 1 saturated carbocycles. The highest BCUT2D eigenvalue weighted by Gasteiger charge is 2.29. The second-order valence-corrected chi connectivity index (χ2v) is 8.31. The number of ether oxygens (including phenoxy) is 2. The van der Waals surface area contributed by atoms with Crippen molar-refractivity contribution in [3.05, 3.63) is 59.7 Å². The van der Waals surface area contributed by atoms with Gasteiger partial charge in [-0.05, 0) is 61.8 Å². The van der Waals surface area contributed by atoms with E-state index in [1.807, 2.05) is 36.4 Å². The molecule has 2 aromatic rings. The highest BCUT2D eigenvalue weighted by molar-refractivity contribution is 5.81. The molecule has 2 amide bonds. The van der Waals surface area contributed by atoms with Crippen molar-refractivity contribution >= 4 is 11.8 Å². The van der Waals surface area contributed by atoms with Crippen LogP contribution in [-0.4, -0.2) is 39.1 Å². The van der Waals surface area contributed by atoms with Crippen LogP contribution in [0, 0.1) is 11.8 Å². The molecular weight excluding hydrogens is 404 g/mol. The van der Waals surface area contributed by atoms with Gasteiger partial charge in [0.15, 0.2) is 11.5 Å². The Hall–Kier alpha value is -3.02. The quantitative estimate of drug-likeness (QED) is 0.595. The Morgan fingerprint density at radius 3 is 1.81 bits per heavy atom. The van der Waals surface area contributed by atoms with Gasteiger partial charge in [-0.15, -0.1) is 0 Å². The maximum atomic E-state index is 12.6. The van der Waals surface area contributed by atoms with Gasteiger partial charge in [-0.1, -0.05) is 36.4 Å². The van der Waals surface area contributed by atoms with Gasteiger partial charge >= 0.3 is 0 Å². The third-order valence-electron chi connectivity index (χ3n) is 6.19. The molecule has 1 fully saturated rings. The lowest BCUT2D eigenvalue weighted by Gasteiger charge is -2.27. The van der Waals surface area contributed by atoms with E-state index in [4.69, 9.17) is 9.47 Å². The molecule has 0 radical (unpaired) electrons. The summed E-state index contributed by atoms with van der Waals surface area (Å²) in [5.41, 5.74) is 2.31. The molecule has 0 spiro atoms. The Morgan fingerprint density at radius 1 is 0.750 bits per heavy atom. The molecule has 0 saturated heterocycles. The molecule has 0 unspecified atom stereocenters. The zero-order valence-corrected chi connectivity index (χ0v) is 19.1. The van der Waals surface area contributed by atoms with Gasteiger partial charge in [-0.25, -0.2) is 0 Å². The number of methoxy groups -OCH3 is 2. The lowest BCUT2D eigenvalue weighted by molar-refractivity contribution is -0.130. The maximum absolute atomic E-state index is 12.6. The first-order valence-electron chi connectivity index (χ1n) is 11.4. The summed E-state index contributed by atoms with van der Waals surface area (Å²) in [5.74, 6) is 1.61. The van der Waals surface area contributed by atoms with Crippen molar-refractivity contribution in [1.29, 1.82) is 0 Å². The predicted molar refractivity (Wildman–Crippen MR) is 125 cm³/mol. The molecule has 2 aromatic carbocycles. The number of rotatable bonds is 10. The van der Waals surface area contributed by atoms with Crippen LogP contribution in [0.2, 0.25) is 0 Å². The van der Waals surface area contributed by atoms with Gasteiger partial charge in [-0.3, -0.25) is 9.59 Å². The van der Waals surface area contributed by atoms with Gasteiger partial charge in [-0.2, -0.15) is 0 Å². The molecule has 2 N–H and O–H groups in total. The van der Waals surface area contributed by atoms with Gasteiger partial charge in [0.05, 0.1) is 14.2 Å². The van der Waals surface area contributed by atoms with Crippen molar-refractivity contribution in [1.82, 2.24) is 10.6 Å². The minimum absolute atomic E-state index is 0.00577. The van der Waals surface area contributed by atoms with Crippen molar-refractivity contribution < 1.29 is 19.1 Å². The number of hydrogen-bond donors (Lipinski definition) is 2. The summed E-state index contributed by atoms with van der Waals surface area (Å²) in [5, 5.41) is 6.11. The molecule has 1 aliphatic rings. The number of hydrogen-bond acceptors (Lipinski definition) is 4. The van der Waals surface area contributed by atoms with Crippen molar-refractivity contribution in [2.75, 3.05) is 27.3 Å². The Bertz CT molecular complexity index is 877. The monoisotopic (exact) mass is 438 g/mol. The maximum Gasteiger partial charge on any atom is 0.223 e. The summed E-state index contributed by atoms with van der Waals surface area (Å²) >= 11 is 0. The SMILES string of the molecule is COc1ccc(CCNC(=O)C2CCC(C(=O)NCCc3ccccc3)CC2)cc1OC. The van der Waals surface area contributed by atoms with E-state index in [1.54, 1.807) is 14.2 Å². The van der Waals surface area contributed by atoms with E-state index < -0.39 is 0 Å². The first-order chi connectivity index (χ1) is 15.6. The number of benzene rings is 2. The Kier molecular flexibility index (Phi) is 8.96. The molecular formula is C26H34N2O4. The average molecular weight is 439 g/mol. The predicted octanol–water partition coefficient (Wildman–Crippen LogP) is 3.53. The van der Waals surface area contributed by atoms with Crippen molar-refractivity contribution in [2.45, 2.75) is 38.5 Å².